The zero-order valence-corrected chi connectivity index (χ0v) is 12.4. The Labute approximate surface area is 119 Å². The van der Waals surface area contributed by atoms with Crippen LogP contribution in [0.5, 0.6) is 0 Å². The van der Waals surface area contributed by atoms with Crippen LogP contribution in [-0.2, 0) is 4.79 Å². The Morgan fingerprint density at radius 2 is 2.21 bits per heavy atom. The molecule has 0 saturated heterocycles. The predicted octanol–water partition coefficient (Wildman–Crippen LogP) is 2.54. The first-order valence-electron chi connectivity index (χ1n) is 5.91. The second-order valence-corrected chi connectivity index (χ2v) is 4.98. The number of nitrogens with zero attached hydrogens (tertiary/aromatic N) is 1. The molecule has 7 heteroatoms. The maximum absolute atomic E-state index is 11.9. The van der Waals surface area contributed by atoms with Crippen molar-refractivity contribution in [3.05, 3.63) is 32.8 Å². The minimum Gasteiger partial charge on any atom is -0.326 e. The highest BCUT2D eigenvalue weighted by atomic mass is 79.9. The molecule has 1 rings (SSSR count). The average Bonchev–Trinajstić information content (AvgIpc) is 2.37. The summed E-state index contributed by atoms with van der Waals surface area (Å²) in [4.78, 5) is 22.1. The molecule has 0 spiro atoms. The van der Waals surface area contributed by atoms with Crippen molar-refractivity contribution in [1.29, 1.82) is 0 Å². The standard InChI is InChI=1S/C12H16BrN3O3/c1-3-14-7-8(2)12(17)15-9-4-5-10(13)11(6-9)16(18)19/h4-6,8,14H,3,7H2,1-2H3,(H,15,17). The van der Waals surface area contributed by atoms with Gasteiger partial charge in [-0.2, -0.15) is 0 Å². The Hall–Kier alpha value is -1.47. The lowest BCUT2D eigenvalue weighted by Crippen LogP contribution is -2.30. The van der Waals surface area contributed by atoms with E-state index in [9.17, 15) is 14.9 Å². The number of carbonyl (C=O) groups is 1. The van der Waals surface area contributed by atoms with Gasteiger partial charge in [-0.1, -0.05) is 13.8 Å². The average molecular weight is 330 g/mol. The second-order valence-electron chi connectivity index (χ2n) is 4.12. The van der Waals surface area contributed by atoms with E-state index in [1.807, 2.05) is 6.92 Å². The summed E-state index contributed by atoms with van der Waals surface area (Å²) in [6.45, 7) is 5.12. The molecule has 0 heterocycles. The van der Waals surface area contributed by atoms with E-state index in [4.69, 9.17) is 0 Å². The third-order valence-corrected chi connectivity index (χ3v) is 3.23. The van der Waals surface area contributed by atoms with E-state index in [0.29, 0.717) is 16.7 Å². The van der Waals surface area contributed by atoms with E-state index in [-0.39, 0.29) is 17.5 Å². The van der Waals surface area contributed by atoms with Crippen LogP contribution < -0.4 is 10.6 Å². The molecule has 1 atom stereocenters. The van der Waals surface area contributed by atoms with Crippen molar-refractivity contribution in [2.45, 2.75) is 13.8 Å². The number of nitro groups is 1. The van der Waals surface area contributed by atoms with E-state index in [1.165, 1.54) is 6.07 Å². The van der Waals surface area contributed by atoms with Crippen LogP contribution in [0.25, 0.3) is 0 Å². The summed E-state index contributed by atoms with van der Waals surface area (Å²) in [7, 11) is 0. The van der Waals surface area contributed by atoms with Gasteiger partial charge in [-0.3, -0.25) is 14.9 Å². The smallest absolute Gasteiger partial charge is 0.285 e. The number of hydrogen-bond acceptors (Lipinski definition) is 4. The number of nitro benzene ring substituents is 1. The fraction of sp³-hybridized carbons (Fsp3) is 0.417. The maximum Gasteiger partial charge on any atom is 0.285 e. The first-order chi connectivity index (χ1) is 8.95. The highest BCUT2D eigenvalue weighted by molar-refractivity contribution is 9.10. The maximum atomic E-state index is 11.9. The second kappa shape index (κ2) is 7.20. The van der Waals surface area contributed by atoms with E-state index in [1.54, 1.807) is 19.1 Å². The number of halogens is 1. The molecule has 1 aromatic carbocycles. The molecule has 0 radical (unpaired) electrons. The first kappa shape index (κ1) is 15.6. The number of rotatable bonds is 6. The van der Waals surface area contributed by atoms with Gasteiger partial charge >= 0.3 is 0 Å². The lowest BCUT2D eigenvalue weighted by atomic mass is 10.1. The molecule has 1 amide bonds. The van der Waals surface area contributed by atoms with Crippen molar-refractivity contribution < 1.29 is 9.72 Å². The van der Waals surface area contributed by atoms with Crippen LogP contribution >= 0.6 is 15.9 Å². The number of amides is 1. The molecule has 0 aliphatic rings. The molecule has 0 aliphatic heterocycles. The van der Waals surface area contributed by atoms with Crippen molar-refractivity contribution in [1.82, 2.24) is 5.32 Å². The predicted molar refractivity (Wildman–Crippen MR) is 77.1 cm³/mol. The largest absolute Gasteiger partial charge is 0.326 e. The molecule has 104 valence electrons. The molecule has 1 aromatic rings. The van der Waals surface area contributed by atoms with Gasteiger partial charge in [-0.15, -0.1) is 0 Å². The van der Waals surface area contributed by atoms with Gasteiger partial charge in [0.25, 0.3) is 5.69 Å². The van der Waals surface area contributed by atoms with Gasteiger partial charge in [0, 0.05) is 24.2 Å². The quantitative estimate of drug-likeness (QED) is 0.620. The molecule has 0 aliphatic carbocycles. The summed E-state index contributed by atoms with van der Waals surface area (Å²) in [6, 6.07) is 4.50. The molecular formula is C12H16BrN3O3. The third kappa shape index (κ3) is 4.60. The van der Waals surface area contributed by atoms with E-state index in [2.05, 4.69) is 26.6 Å². The minimum atomic E-state index is -0.498. The zero-order chi connectivity index (χ0) is 14.4. The Morgan fingerprint density at radius 1 is 1.53 bits per heavy atom. The molecule has 2 N–H and O–H groups in total. The minimum absolute atomic E-state index is 0.0721. The Morgan fingerprint density at radius 3 is 2.79 bits per heavy atom. The summed E-state index contributed by atoms with van der Waals surface area (Å²) < 4.78 is 0.385. The van der Waals surface area contributed by atoms with Gasteiger partial charge in [0.2, 0.25) is 5.91 Å². The highest BCUT2D eigenvalue weighted by Gasteiger charge is 2.16. The third-order valence-electron chi connectivity index (χ3n) is 2.56. The first-order valence-corrected chi connectivity index (χ1v) is 6.70. The molecule has 19 heavy (non-hydrogen) atoms. The highest BCUT2D eigenvalue weighted by Crippen LogP contribution is 2.27. The van der Waals surface area contributed by atoms with E-state index >= 15 is 0 Å². The van der Waals surface area contributed by atoms with Crippen LogP contribution in [0.3, 0.4) is 0 Å². The van der Waals surface area contributed by atoms with Gasteiger partial charge in [0.15, 0.2) is 0 Å². The lowest BCUT2D eigenvalue weighted by molar-refractivity contribution is -0.385. The van der Waals surface area contributed by atoms with Crippen LogP contribution in [0, 0.1) is 16.0 Å². The zero-order valence-electron chi connectivity index (χ0n) is 10.8. The van der Waals surface area contributed by atoms with Crippen LogP contribution in [0.2, 0.25) is 0 Å². The molecule has 6 nitrogen and oxygen atoms in total. The fourth-order valence-corrected chi connectivity index (χ4v) is 1.84. The molecule has 1 unspecified atom stereocenters. The van der Waals surface area contributed by atoms with E-state index < -0.39 is 4.92 Å². The molecular weight excluding hydrogens is 314 g/mol. The topological polar surface area (TPSA) is 84.3 Å². The molecule has 0 bridgehead atoms. The molecule has 0 aromatic heterocycles. The van der Waals surface area contributed by atoms with Gasteiger partial charge in [-0.05, 0) is 34.6 Å². The summed E-state index contributed by atoms with van der Waals surface area (Å²) in [5, 5.41) is 16.5. The van der Waals surface area contributed by atoms with E-state index in [0.717, 1.165) is 6.54 Å². The van der Waals surface area contributed by atoms with Crippen molar-refractivity contribution in [3.8, 4) is 0 Å². The van der Waals surface area contributed by atoms with Crippen molar-refractivity contribution >= 4 is 33.2 Å². The van der Waals surface area contributed by atoms with Gasteiger partial charge < -0.3 is 10.6 Å². The van der Waals surface area contributed by atoms with Gasteiger partial charge in [-0.25, -0.2) is 0 Å². The van der Waals surface area contributed by atoms with Crippen LogP contribution in [0.15, 0.2) is 22.7 Å². The molecule has 0 saturated carbocycles. The number of hydrogen-bond donors (Lipinski definition) is 2. The van der Waals surface area contributed by atoms with Crippen molar-refractivity contribution in [2.24, 2.45) is 5.92 Å². The fourth-order valence-electron chi connectivity index (χ4n) is 1.45. The molecule has 0 fully saturated rings. The van der Waals surface area contributed by atoms with Gasteiger partial charge in [0.05, 0.1) is 9.40 Å². The summed E-state index contributed by atoms with van der Waals surface area (Å²) in [6.07, 6.45) is 0. The number of anilines is 1. The number of benzene rings is 1. The lowest BCUT2D eigenvalue weighted by Gasteiger charge is -2.12. The Bertz CT molecular complexity index is 479. The van der Waals surface area contributed by atoms with Crippen LogP contribution in [0.1, 0.15) is 13.8 Å². The van der Waals surface area contributed by atoms with Gasteiger partial charge in [0.1, 0.15) is 0 Å². The summed E-state index contributed by atoms with van der Waals surface area (Å²) in [5.74, 6) is -0.375. The number of carbonyl (C=O) groups excluding carboxylic acids is 1. The van der Waals surface area contributed by atoms with Crippen molar-refractivity contribution in [3.63, 3.8) is 0 Å². The monoisotopic (exact) mass is 329 g/mol. The summed E-state index contributed by atoms with van der Waals surface area (Å²) >= 11 is 3.10. The Kier molecular flexibility index (Phi) is 5.91. The number of nitrogens with one attached hydrogen (secondary N) is 2. The SMILES string of the molecule is CCNCC(C)C(=O)Nc1ccc(Br)c([N+](=O)[O-])c1. The van der Waals surface area contributed by atoms with Crippen LogP contribution in [-0.4, -0.2) is 23.9 Å². The van der Waals surface area contributed by atoms with Crippen LogP contribution in [0.4, 0.5) is 11.4 Å². The summed E-state index contributed by atoms with van der Waals surface area (Å²) in [5.41, 5.74) is 0.348. The van der Waals surface area contributed by atoms with Crippen molar-refractivity contribution in [2.75, 3.05) is 18.4 Å². The Balaban J connectivity index is 2.74. The normalized spacial score (nSPS) is 11.9.